The van der Waals surface area contributed by atoms with Crippen LogP contribution in [-0.2, 0) is 9.59 Å². The fourth-order valence-corrected chi connectivity index (χ4v) is 2.43. The summed E-state index contributed by atoms with van der Waals surface area (Å²) in [6.07, 6.45) is 1.44. The third-order valence-electron chi connectivity index (χ3n) is 2.98. The van der Waals surface area contributed by atoms with Gasteiger partial charge in [-0.1, -0.05) is 18.3 Å². The molecule has 1 heterocycles. The average molecular weight is 241 g/mol. The summed E-state index contributed by atoms with van der Waals surface area (Å²) in [4.78, 5) is 22.7. The minimum absolute atomic E-state index is 0.275. The highest BCUT2D eigenvalue weighted by Crippen LogP contribution is 2.58. The highest BCUT2D eigenvalue weighted by molar-refractivity contribution is 7.10. The molecule has 16 heavy (non-hydrogen) atoms. The van der Waals surface area contributed by atoms with E-state index in [1.807, 2.05) is 0 Å². The number of aromatic nitrogens is 2. The van der Waals surface area contributed by atoms with E-state index >= 15 is 0 Å². The number of nitrogens with one attached hydrogen (secondary N) is 1. The third kappa shape index (κ3) is 1.67. The molecule has 0 radical (unpaired) electrons. The van der Waals surface area contributed by atoms with Crippen LogP contribution < -0.4 is 5.32 Å². The highest BCUT2D eigenvalue weighted by Gasteiger charge is 2.65. The molecule has 2 atom stereocenters. The fraction of sp³-hybridized carbons (Fsp3) is 0.556. The molecule has 0 aromatic carbocycles. The summed E-state index contributed by atoms with van der Waals surface area (Å²) in [6.45, 7) is 3.56. The van der Waals surface area contributed by atoms with Crippen molar-refractivity contribution in [2.45, 2.75) is 13.8 Å². The Hall–Kier alpha value is -1.50. The normalized spacial score (nSPS) is 26.1. The summed E-state index contributed by atoms with van der Waals surface area (Å²) in [5, 5.41) is 15.7. The van der Waals surface area contributed by atoms with Crippen LogP contribution >= 0.6 is 11.5 Å². The van der Waals surface area contributed by atoms with Crippen molar-refractivity contribution < 1.29 is 14.7 Å². The number of nitrogens with zero attached hydrogens (tertiary/aromatic N) is 2. The van der Waals surface area contributed by atoms with Crippen LogP contribution in [0.25, 0.3) is 0 Å². The van der Waals surface area contributed by atoms with Gasteiger partial charge in [0.2, 0.25) is 5.91 Å². The molecule has 2 N–H and O–H groups in total. The zero-order valence-electron chi connectivity index (χ0n) is 8.80. The van der Waals surface area contributed by atoms with Crippen LogP contribution in [0.3, 0.4) is 0 Å². The minimum atomic E-state index is -0.924. The second-order valence-corrected chi connectivity index (χ2v) is 5.17. The van der Waals surface area contributed by atoms with Crippen LogP contribution in [0.5, 0.6) is 0 Å². The van der Waals surface area contributed by atoms with E-state index in [0.717, 1.165) is 11.5 Å². The van der Waals surface area contributed by atoms with Crippen LogP contribution in [0.1, 0.15) is 13.8 Å². The van der Waals surface area contributed by atoms with Gasteiger partial charge >= 0.3 is 5.97 Å². The first-order valence-corrected chi connectivity index (χ1v) is 5.53. The molecule has 1 aromatic rings. The number of rotatable bonds is 3. The van der Waals surface area contributed by atoms with Gasteiger partial charge in [0.15, 0.2) is 0 Å². The Morgan fingerprint density at radius 3 is 2.62 bits per heavy atom. The van der Waals surface area contributed by atoms with Crippen LogP contribution in [0, 0.1) is 17.3 Å². The van der Waals surface area contributed by atoms with Crippen molar-refractivity contribution in [3.63, 3.8) is 0 Å². The lowest BCUT2D eigenvalue weighted by Crippen LogP contribution is -2.17. The molecule has 1 amide bonds. The van der Waals surface area contributed by atoms with E-state index in [1.165, 1.54) is 6.20 Å². The molecule has 0 spiro atoms. The molecule has 86 valence electrons. The predicted octanol–water partition coefficient (Wildman–Crippen LogP) is 0.833. The van der Waals surface area contributed by atoms with Gasteiger partial charge in [0.25, 0.3) is 0 Å². The highest BCUT2D eigenvalue weighted by atomic mass is 32.1. The quantitative estimate of drug-likeness (QED) is 0.817. The van der Waals surface area contributed by atoms with Crippen LogP contribution in [0.2, 0.25) is 0 Å². The van der Waals surface area contributed by atoms with Crippen LogP contribution in [0.4, 0.5) is 5.00 Å². The maximum absolute atomic E-state index is 11.8. The molecule has 7 heteroatoms. The third-order valence-corrected chi connectivity index (χ3v) is 3.56. The molecular weight excluding hydrogens is 230 g/mol. The van der Waals surface area contributed by atoms with Gasteiger partial charge in [-0.2, -0.15) is 0 Å². The predicted molar refractivity (Wildman–Crippen MR) is 56.9 cm³/mol. The standard InChI is InChI=1S/C9H11N3O3S/c1-9(2)5(6(9)8(14)15)7(13)11-4-3-10-12-16-4/h3,5-6H,1-2H3,(H,11,13)(H,14,15). The van der Waals surface area contributed by atoms with Gasteiger partial charge in [0.1, 0.15) is 5.00 Å². The van der Waals surface area contributed by atoms with E-state index in [-0.39, 0.29) is 5.91 Å². The van der Waals surface area contributed by atoms with Crippen molar-refractivity contribution in [3.05, 3.63) is 6.20 Å². The van der Waals surface area contributed by atoms with Crippen molar-refractivity contribution in [2.75, 3.05) is 5.32 Å². The molecule has 2 unspecified atom stereocenters. The SMILES string of the molecule is CC1(C)C(C(=O)O)C1C(=O)Nc1cnns1. The topological polar surface area (TPSA) is 92.2 Å². The number of carboxylic acids is 1. The second-order valence-electron chi connectivity index (χ2n) is 4.39. The molecule has 2 rings (SSSR count). The lowest BCUT2D eigenvalue weighted by atomic mass is 10.1. The number of carbonyl (C=O) groups excluding carboxylic acids is 1. The number of carbonyl (C=O) groups is 2. The first-order valence-electron chi connectivity index (χ1n) is 4.75. The number of aliphatic carboxylic acids is 1. The Morgan fingerprint density at radius 1 is 1.50 bits per heavy atom. The van der Waals surface area contributed by atoms with Crippen molar-refractivity contribution in [1.29, 1.82) is 0 Å². The van der Waals surface area contributed by atoms with E-state index < -0.39 is 23.2 Å². The molecular formula is C9H11N3O3S. The maximum Gasteiger partial charge on any atom is 0.307 e. The smallest absolute Gasteiger partial charge is 0.307 e. The summed E-state index contributed by atoms with van der Waals surface area (Å²) in [6, 6.07) is 0. The number of hydrogen-bond acceptors (Lipinski definition) is 5. The van der Waals surface area contributed by atoms with Crippen molar-refractivity contribution >= 4 is 28.4 Å². The second kappa shape index (κ2) is 3.51. The lowest BCUT2D eigenvalue weighted by Gasteiger charge is -2.01. The number of hydrogen-bond donors (Lipinski definition) is 2. The minimum Gasteiger partial charge on any atom is -0.481 e. The Balaban J connectivity index is 2.05. The van der Waals surface area contributed by atoms with Crippen LogP contribution in [0.15, 0.2) is 6.20 Å². The Kier molecular flexibility index (Phi) is 2.42. The van der Waals surface area contributed by atoms with E-state index in [1.54, 1.807) is 13.8 Å². The summed E-state index contributed by atoms with van der Waals surface area (Å²) in [5.74, 6) is -2.28. The number of carboxylic acid groups (broad SMARTS) is 1. The van der Waals surface area contributed by atoms with Crippen molar-refractivity contribution in [1.82, 2.24) is 9.59 Å². The summed E-state index contributed by atoms with van der Waals surface area (Å²) < 4.78 is 3.61. The Morgan fingerprint density at radius 2 is 2.19 bits per heavy atom. The van der Waals surface area contributed by atoms with Gasteiger partial charge in [-0.25, -0.2) is 0 Å². The first kappa shape index (κ1) is 11.0. The molecule has 1 aliphatic carbocycles. The van der Waals surface area contributed by atoms with E-state index in [0.29, 0.717) is 5.00 Å². The summed E-state index contributed by atoms with van der Waals surface area (Å²) in [7, 11) is 0. The molecule has 1 saturated carbocycles. The zero-order chi connectivity index (χ0) is 11.9. The zero-order valence-corrected chi connectivity index (χ0v) is 9.61. The molecule has 1 aromatic heterocycles. The maximum atomic E-state index is 11.8. The van der Waals surface area contributed by atoms with Crippen molar-refractivity contribution in [2.24, 2.45) is 17.3 Å². The largest absolute Gasteiger partial charge is 0.481 e. The molecule has 1 aliphatic rings. The Labute approximate surface area is 95.8 Å². The van der Waals surface area contributed by atoms with E-state index in [9.17, 15) is 9.59 Å². The van der Waals surface area contributed by atoms with E-state index in [2.05, 4.69) is 14.9 Å². The number of amides is 1. The van der Waals surface area contributed by atoms with Gasteiger partial charge in [0.05, 0.1) is 18.0 Å². The monoisotopic (exact) mass is 241 g/mol. The van der Waals surface area contributed by atoms with Crippen molar-refractivity contribution in [3.8, 4) is 0 Å². The van der Waals surface area contributed by atoms with Gasteiger partial charge in [-0.05, 0) is 5.41 Å². The summed E-state index contributed by atoms with van der Waals surface area (Å²) in [5.41, 5.74) is -0.478. The molecule has 6 nitrogen and oxygen atoms in total. The van der Waals surface area contributed by atoms with Crippen LogP contribution in [-0.4, -0.2) is 26.6 Å². The average Bonchev–Trinajstić information content (AvgIpc) is 2.58. The van der Waals surface area contributed by atoms with E-state index in [4.69, 9.17) is 5.11 Å². The molecule has 0 bridgehead atoms. The molecule has 0 saturated heterocycles. The Bertz CT molecular complexity index is 429. The van der Waals surface area contributed by atoms with Gasteiger partial charge in [-0.15, -0.1) is 5.10 Å². The van der Waals surface area contributed by atoms with Gasteiger partial charge < -0.3 is 10.4 Å². The molecule has 1 fully saturated rings. The van der Waals surface area contributed by atoms with Gasteiger partial charge in [-0.3, -0.25) is 9.59 Å². The number of anilines is 1. The van der Waals surface area contributed by atoms with Gasteiger partial charge in [0, 0.05) is 11.5 Å². The first-order chi connectivity index (χ1) is 7.44. The lowest BCUT2D eigenvalue weighted by molar-refractivity contribution is -0.140. The summed E-state index contributed by atoms with van der Waals surface area (Å²) >= 11 is 1.07. The molecule has 0 aliphatic heterocycles. The fourth-order valence-electron chi connectivity index (χ4n) is 2.01.